The first-order valence-corrected chi connectivity index (χ1v) is 5.12. The van der Waals surface area contributed by atoms with Crippen LogP contribution in [0.15, 0.2) is 12.3 Å². The fraction of sp³-hybridized carbons (Fsp3) is 0.455. The smallest absolute Gasteiger partial charge is 0.144 e. The predicted octanol–water partition coefficient (Wildman–Crippen LogP) is 0.609. The van der Waals surface area contributed by atoms with Crippen LogP contribution >= 0.6 is 0 Å². The van der Waals surface area contributed by atoms with Crippen LogP contribution in [-0.2, 0) is 9.47 Å². The molecule has 0 radical (unpaired) electrons. The molecule has 1 rings (SSSR count). The highest BCUT2D eigenvalue weighted by atomic mass is 16.5. The minimum Gasteiger partial charge on any atom is -0.397 e. The first kappa shape index (κ1) is 13.2. The monoisotopic (exact) mass is 236 g/mol. The summed E-state index contributed by atoms with van der Waals surface area (Å²) in [6.07, 6.45) is 1.41. The van der Waals surface area contributed by atoms with E-state index in [0.717, 1.165) is 0 Å². The van der Waals surface area contributed by atoms with Gasteiger partial charge in [-0.2, -0.15) is 5.26 Å². The molecule has 6 heteroatoms. The molecule has 0 aliphatic rings. The van der Waals surface area contributed by atoms with E-state index in [1.807, 2.05) is 6.07 Å². The van der Waals surface area contributed by atoms with Crippen LogP contribution in [0.4, 0.5) is 11.5 Å². The largest absolute Gasteiger partial charge is 0.397 e. The van der Waals surface area contributed by atoms with Crippen molar-refractivity contribution < 1.29 is 9.47 Å². The summed E-state index contributed by atoms with van der Waals surface area (Å²) >= 11 is 0. The molecule has 0 aromatic carbocycles. The third kappa shape index (κ3) is 3.90. The Bertz CT molecular complexity index is 403. The lowest BCUT2D eigenvalue weighted by Gasteiger charge is -2.15. The number of nitrogen functional groups attached to an aromatic ring is 1. The number of pyridine rings is 1. The van der Waals surface area contributed by atoms with Crippen LogP contribution in [0.2, 0.25) is 0 Å². The lowest BCUT2D eigenvalue weighted by Crippen LogP contribution is -2.27. The summed E-state index contributed by atoms with van der Waals surface area (Å²) in [7, 11) is 3.21. The maximum absolute atomic E-state index is 8.93. The summed E-state index contributed by atoms with van der Waals surface area (Å²) in [4.78, 5) is 4.06. The SMILES string of the molecule is COCC(CNc1ncc(N)cc1C#N)OC. The number of nitriles is 1. The van der Waals surface area contributed by atoms with Crippen molar-refractivity contribution in [2.24, 2.45) is 0 Å². The maximum atomic E-state index is 8.93. The molecule has 17 heavy (non-hydrogen) atoms. The fourth-order valence-corrected chi connectivity index (χ4v) is 1.31. The quantitative estimate of drug-likeness (QED) is 0.751. The molecule has 92 valence electrons. The number of hydrogen-bond donors (Lipinski definition) is 2. The molecule has 0 aliphatic heterocycles. The van der Waals surface area contributed by atoms with Crippen molar-refractivity contribution >= 4 is 11.5 Å². The Kier molecular flexibility index (Phi) is 5.20. The summed E-state index contributed by atoms with van der Waals surface area (Å²) in [5.74, 6) is 0.500. The summed E-state index contributed by atoms with van der Waals surface area (Å²) in [6.45, 7) is 0.982. The zero-order valence-corrected chi connectivity index (χ0v) is 9.93. The topological polar surface area (TPSA) is 93.2 Å². The molecular formula is C11H16N4O2. The van der Waals surface area contributed by atoms with Gasteiger partial charge in [-0.1, -0.05) is 0 Å². The standard InChI is InChI=1S/C11H16N4O2/c1-16-7-10(17-2)6-15-11-8(4-12)3-9(13)5-14-11/h3,5,10H,6-7,13H2,1-2H3,(H,14,15). The van der Waals surface area contributed by atoms with Gasteiger partial charge in [-0.3, -0.25) is 0 Å². The molecule has 1 unspecified atom stereocenters. The van der Waals surface area contributed by atoms with Crippen molar-refractivity contribution in [1.29, 1.82) is 5.26 Å². The third-order valence-electron chi connectivity index (χ3n) is 2.21. The van der Waals surface area contributed by atoms with Gasteiger partial charge in [0.2, 0.25) is 0 Å². The molecule has 3 N–H and O–H groups in total. The van der Waals surface area contributed by atoms with Crippen molar-refractivity contribution in [2.75, 3.05) is 38.4 Å². The van der Waals surface area contributed by atoms with Crippen LogP contribution in [0.5, 0.6) is 0 Å². The van der Waals surface area contributed by atoms with Crippen LogP contribution in [0.3, 0.4) is 0 Å². The average Bonchev–Trinajstić information content (AvgIpc) is 2.35. The third-order valence-corrected chi connectivity index (χ3v) is 2.21. The summed E-state index contributed by atoms with van der Waals surface area (Å²) < 4.78 is 10.2. The van der Waals surface area contributed by atoms with Crippen molar-refractivity contribution in [3.8, 4) is 6.07 Å². The zero-order valence-electron chi connectivity index (χ0n) is 9.93. The van der Waals surface area contributed by atoms with Crippen molar-refractivity contribution in [2.45, 2.75) is 6.10 Å². The van der Waals surface area contributed by atoms with Gasteiger partial charge in [-0.15, -0.1) is 0 Å². The summed E-state index contributed by atoms with van der Waals surface area (Å²) in [5.41, 5.74) is 6.43. The number of nitrogens with zero attached hydrogens (tertiary/aromatic N) is 2. The second kappa shape index (κ2) is 6.68. The number of methoxy groups -OCH3 is 2. The Morgan fingerprint density at radius 3 is 2.94 bits per heavy atom. The van der Waals surface area contributed by atoms with Gasteiger partial charge in [0.25, 0.3) is 0 Å². The molecule has 0 spiro atoms. The van der Waals surface area contributed by atoms with Crippen LogP contribution in [-0.4, -0.2) is 38.5 Å². The van der Waals surface area contributed by atoms with Crippen LogP contribution in [0, 0.1) is 11.3 Å². The molecule has 6 nitrogen and oxygen atoms in total. The number of nitrogens with one attached hydrogen (secondary N) is 1. The lowest BCUT2D eigenvalue weighted by atomic mass is 10.2. The van der Waals surface area contributed by atoms with E-state index in [2.05, 4.69) is 10.3 Å². The number of ether oxygens (including phenoxy) is 2. The van der Waals surface area contributed by atoms with Gasteiger partial charge < -0.3 is 20.5 Å². The Balaban J connectivity index is 2.65. The van der Waals surface area contributed by atoms with Crippen LogP contribution < -0.4 is 11.1 Å². The van der Waals surface area contributed by atoms with E-state index in [0.29, 0.717) is 30.2 Å². The van der Waals surface area contributed by atoms with E-state index in [1.165, 1.54) is 6.20 Å². The zero-order chi connectivity index (χ0) is 12.7. The van der Waals surface area contributed by atoms with Crippen LogP contribution in [0.1, 0.15) is 5.56 Å². The molecule has 0 bridgehead atoms. The highest BCUT2D eigenvalue weighted by Gasteiger charge is 2.09. The van der Waals surface area contributed by atoms with Gasteiger partial charge in [0.1, 0.15) is 11.9 Å². The predicted molar refractivity (Wildman–Crippen MR) is 64.5 cm³/mol. The molecule has 0 saturated heterocycles. The van der Waals surface area contributed by atoms with E-state index >= 15 is 0 Å². The molecule has 0 fully saturated rings. The first-order chi connectivity index (χ1) is 8.21. The van der Waals surface area contributed by atoms with Gasteiger partial charge in [-0.25, -0.2) is 4.98 Å². The van der Waals surface area contributed by atoms with E-state index in [9.17, 15) is 0 Å². The van der Waals surface area contributed by atoms with E-state index in [-0.39, 0.29) is 6.10 Å². The molecule has 0 saturated carbocycles. The van der Waals surface area contributed by atoms with Gasteiger partial charge in [0.05, 0.1) is 30.2 Å². The van der Waals surface area contributed by atoms with Gasteiger partial charge in [0, 0.05) is 20.8 Å². The Labute approximate surface area is 100 Å². The highest BCUT2D eigenvalue weighted by Crippen LogP contribution is 2.14. The minimum absolute atomic E-state index is 0.0918. The molecular weight excluding hydrogens is 220 g/mol. The fourth-order valence-electron chi connectivity index (χ4n) is 1.31. The number of rotatable bonds is 6. The normalized spacial score (nSPS) is 11.8. The second-order valence-electron chi connectivity index (χ2n) is 3.47. The van der Waals surface area contributed by atoms with Crippen LogP contribution in [0.25, 0.3) is 0 Å². The number of nitrogens with two attached hydrogens (primary N) is 1. The molecule has 0 amide bonds. The van der Waals surface area contributed by atoms with Crippen molar-refractivity contribution in [3.63, 3.8) is 0 Å². The van der Waals surface area contributed by atoms with E-state index in [1.54, 1.807) is 20.3 Å². The van der Waals surface area contributed by atoms with Gasteiger partial charge in [0.15, 0.2) is 0 Å². The van der Waals surface area contributed by atoms with Crippen molar-refractivity contribution in [1.82, 2.24) is 4.98 Å². The van der Waals surface area contributed by atoms with E-state index in [4.69, 9.17) is 20.5 Å². The average molecular weight is 236 g/mol. The molecule has 0 aliphatic carbocycles. The molecule has 1 heterocycles. The second-order valence-corrected chi connectivity index (χ2v) is 3.47. The first-order valence-electron chi connectivity index (χ1n) is 5.12. The lowest BCUT2D eigenvalue weighted by molar-refractivity contribution is 0.0365. The maximum Gasteiger partial charge on any atom is 0.144 e. The molecule has 1 aromatic heterocycles. The molecule has 1 aromatic rings. The Morgan fingerprint density at radius 1 is 1.59 bits per heavy atom. The minimum atomic E-state index is -0.0918. The summed E-state index contributed by atoms with van der Waals surface area (Å²) in [5, 5.41) is 12.0. The Hall–Kier alpha value is -1.84. The highest BCUT2D eigenvalue weighted by molar-refractivity contribution is 5.57. The molecule has 1 atom stereocenters. The number of hydrogen-bond acceptors (Lipinski definition) is 6. The summed E-state index contributed by atoms with van der Waals surface area (Å²) in [6, 6.07) is 3.61. The van der Waals surface area contributed by atoms with Gasteiger partial charge >= 0.3 is 0 Å². The Morgan fingerprint density at radius 2 is 2.35 bits per heavy atom. The van der Waals surface area contributed by atoms with E-state index < -0.39 is 0 Å². The van der Waals surface area contributed by atoms with Gasteiger partial charge in [-0.05, 0) is 6.07 Å². The number of anilines is 2. The number of aromatic nitrogens is 1. The van der Waals surface area contributed by atoms with Crippen molar-refractivity contribution in [3.05, 3.63) is 17.8 Å².